The number of aromatic nitrogens is 2. The van der Waals surface area contributed by atoms with Crippen molar-refractivity contribution in [1.29, 1.82) is 0 Å². The minimum Gasteiger partial charge on any atom is -0.508 e. The van der Waals surface area contributed by atoms with Crippen LogP contribution in [-0.2, 0) is 4.84 Å². The summed E-state index contributed by atoms with van der Waals surface area (Å²) in [5.74, 6) is 0.820. The van der Waals surface area contributed by atoms with Crippen LogP contribution >= 0.6 is 0 Å². The highest BCUT2D eigenvalue weighted by Gasteiger charge is 2.29. The van der Waals surface area contributed by atoms with Crippen molar-refractivity contribution in [2.75, 3.05) is 13.1 Å². The van der Waals surface area contributed by atoms with Crippen LogP contribution in [0.3, 0.4) is 0 Å². The van der Waals surface area contributed by atoms with Crippen molar-refractivity contribution in [3.8, 4) is 11.5 Å². The van der Waals surface area contributed by atoms with Gasteiger partial charge in [-0.2, -0.15) is 5.10 Å². The van der Waals surface area contributed by atoms with Crippen molar-refractivity contribution < 1.29 is 15.1 Å². The Morgan fingerprint density at radius 3 is 2.46 bits per heavy atom. The second kappa shape index (κ2) is 7.03. The van der Waals surface area contributed by atoms with E-state index >= 15 is 0 Å². The van der Waals surface area contributed by atoms with Crippen LogP contribution in [0, 0.1) is 0 Å². The quantitative estimate of drug-likeness (QED) is 0.842. The largest absolute Gasteiger partial charge is 0.508 e. The first-order chi connectivity index (χ1) is 12.3. The summed E-state index contributed by atoms with van der Waals surface area (Å²) in [6, 6.07) is 5.44. The molecule has 0 fully saturated rings. The SMILES string of the molecule is CCN1CC(c2ccn(C(C)C)n2)=C(c2cc(C(C)C)c(O)cc2O)O1. The Kier molecular flexibility index (Phi) is 4.96. The molecule has 2 heterocycles. The van der Waals surface area contributed by atoms with Crippen LogP contribution < -0.4 is 0 Å². The Hall–Kier alpha value is -2.47. The van der Waals surface area contributed by atoms with Gasteiger partial charge in [-0.25, -0.2) is 0 Å². The molecule has 26 heavy (non-hydrogen) atoms. The van der Waals surface area contributed by atoms with Gasteiger partial charge in [-0.1, -0.05) is 13.8 Å². The van der Waals surface area contributed by atoms with Gasteiger partial charge in [0.25, 0.3) is 0 Å². The summed E-state index contributed by atoms with van der Waals surface area (Å²) < 4.78 is 1.91. The number of rotatable bonds is 5. The number of aromatic hydroxyl groups is 2. The van der Waals surface area contributed by atoms with E-state index in [-0.39, 0.29) is 23.5 Å². The fraction of sp³-hybridized carbons (Fsp3) is 0.450. The molecule has 140 valence electrons. The van der Waals surface area contributed by atoms with E-state index in [1.165, 1.54) is 6.07 Å². The lowest BCUT2D eigenvalue weighted by atomic mass is 9.96. The van der Waals surface area contributed by atoms with Crippen molar-refractivity contribution in [2.24, 2.45) is 0 Å². The molecule has 1 aliphatic rings. The van der Waals surface area contributed by atoms with E-state index < -0.39 is 0 Å². The number of likely N-dealkylation sites (N-methyl/N-ethyl adjacent to an activating group) is 1. The number of hydrogen-bond donors (Lipinski definition) is 2. The van der Waals surface area contributed by atoms with Gasteiger partial charge in [-0.15, -0.1) is 5.06 Å². The van der Waals surface area contributed by atoms with Crippen LogP contribution in [0.5, 0.6) is 11.5 Å². The zero-order valence-electron chi connectivity index (χ0n) is 16.0. The molecule has 3 rings (SSSR count). The highest BCUT2D eigenvalue weighted by Crippen LogP contribution is 2.41. The number of nitrogens with zero attached hydrogens (tertiary/aromatic N) is 3. The van der Waals surface area contributed by atoms with E-state index in [2.05, 4.69) is 18.9 Å². The average molecular weight is 357 g/mol. The van der Waals surface area contributed by atoms with Crippen molar-refractivity contribution in [3.05, 3.63) is 41.2 Å². The van der Waals surface area contributed by atoms with Crippen LogP contribution in [0.25, 0.3) is 11.3 Å². The number of phenolic OH excluding ortho intramolecular Hbond substituents is 2. The van der Waals surface area contributed by atoms with Gasteiger partial charge < -0.3 is 15.1 Å². The molecule has 0 radical (unpaired) electrons. The van der Waals surface area contributed by atoms with Gasteiger partial charge in [-0.05, 0) is 44.4 Å². The molecule has 0 atom stereocenters. The third kappa shape index (κ3) is 3.29. The maximum absolute atomic E-state index is 10.5. The van der Waals surface area contributed by atoms with Gasteiger partial charge in [-0.3, -0.25) is 4.68 Å². The molecular weight excluding hydrogens is 330 g/mol. The van der Waals surface area contributed by atoms with Gasteiger partial charge in [0, 0.05) is 30.4 Å². The lowest BCUT2D eigenvalue weighted by molar-refractivity contribution is -0.0556. The van der Waals surface area contributed by atoms with Crippen LogP contribution in [-0.4, -0.2) is 38.1 Å². The number of phenols is 2. The number of hydroxylamine groups is 2. The predicted molar refractivity (Wildman–Crippen MR) is 102 cm³/mol. The number of benzene rings is 1. The summed E-state index contributed by atoms with van der Waals surface area (Å²) in [5, 5.41) is 27.1. The van der Waals surface area contributed by atoms with E-state index in [1.54, 1.807) is 0 Å². The Balaban J connectivity index is 2.13. The molecule has 1 aromatic heterocycles. The van der Waals surface area contributed by atoms with Gasteiger partial charge >= 0.3 is 0 Å². The summed E-state index contributed by atoms with van der Waals surface area (Å²) in [6.45, 7) is 11.5. The lowest BCUT2D eigenvalue weighted by Crippen LogP contribution is -2.18. The minimum absolute atomic E-state index is 0.000597. The molecule has 1 aromatic carbocycles. The van der Waals surface area contributed by atoms with E-state index in [0.717, 1.165) is 16.8 Å². The second-order valence-corrected chi connectivity index (χ2v) is 7.21. The molecule has 0 unspecified atom stereocenters. The van der Waals surface area contributed by atoms with Crippen LogP contribution in [0.4, 0.5) is 0 Å². The average Bonchev–Trinajstić information content (AvgIpc) is 3.21. The summed E-state index contributed by atoms with van der Waals surface area (Å²) >= 11 is 0. The van der Waals surface area contributed by atoms with Crippen LogP contribution in [0.15, 0.2) is 24.4 Å². The van der Waals surface area contributed by atoms with E-state index in [0.29, 0.717) is 24.4 Å². The van der Waals surface area contributed by atoms with Crippen molar-refractivity contribution >= 4 is 11.3 Å². The molecule has 0 aliphatic carbocycles. The Labute approximate surface area is 154 Å². The smallest absolute Gasteiger partial charge is 0.165 e. The standard InChI is InChI=1S/C20H27N3O3/c1-6-22-11-16(17-7-8-23(21-17)13(4)5)20(26-22)15-9-14(12(2)3)18(24)10-19(15)25/h7-10,12-13,24-25H,6,11H2,1-5H3. The van der Waals surface area contributed by atoms with Gasteiger partial charge in [0.2, 0.25) is 0 Å². The first-order valence-corrected chi connectivity index (χ1v) is 9.09. The molecule has 0 amide bonds. The third-order valence-electron chi connectivity index (χ3n) is 4.64. The predicted octanol–water partition coefficient (Wildman–Crippen LogP) is 4.13. The molecular formula is C20H27N3O3. The zero-order chi connectivity index (χ0) is 19.0. The highest BCUT2D eigenvalue weighted by molar-refractivity contribution is 5.90. The topological polar surface area (TPSA) is 70.8 Å². The fourth-order valence-electron chi connectivity index (χ4n) is 3.07. The molecule has 2 aromatic rings. The maximum atomic E-state index is 10.5. The Morgan fingerprint density at radius 2 is 1.88 bits per heavy atom. The summed E-state index contributed by atoms with van der Waals surface area (Å²) in [7, 11) is 0. The normalized spacial score (nSPS) is 15.3. The number of hydrogen-bond acceptors (Lipinski definition) is 5. The molecule has 2 N–H and O–H groups in total. The molecule has 0 spiro atoms. The fourth-order valence-corrected chi connectivity index (χ4v) is 3.07. The molecule has 1 aliphatic heterocycles. The van der Waals surface area contributed by atoms with E-state index in [1.807, 2.05) is 48.8 Å². The molecule has 0 saturated heterocycles. The monoisotopic (exact) mass is 357 g/mol. The van der Waals surface area contributed by atoms with E-state index in [4.69, 9.17) is 4.84 Å². The van der Waals surface area contributed by atoms with Gasteiger partial charge in [0.15, 0.2) is 5.76 Å². The van der Waals surface area contributed by atoms with Crippen molar-refractivity contribution in [3.63, 3.8) is 0 Å². The molecule has 0 saturated carbocycles. The van der Waals surface area contributed by atoms with Crippen molar-refractivity contribution in [2.45, 2.75) is 46.6 Å². The van der Waals surface area contributed by atoms with Crippen LogP contribution in [0.1, 0.15) is 63.4 Å². The summed E-state index contributed by atoms with van der Waals surface area (Å²) in [4.78, 5) is 6.01. The van der Waals surface area contributed by atoms with Crippen LogP contribution in [0.2, 0.25) is 0 Å². The van der Waals surface area contributed by atoms with Gasteiger partial charge in [0.1, 0.15) is 11.5 Å². The first kappa shape index (κ1) is 18.3. The zero-order valence-corrected chi connectivity index (χ0v) is 16.0. The maximum Gasteiger partial charge on any atom is 0.165 e. The third-order valence-corrected chi connectivity index (χ3v) is 4.64. The van der Waals surface area contributed by atoms with Crippen molar-refractivity contribution in [1.82, 2.24) is 14.8 Å². The molecule has 0 bridgehead atoms. The highest BCUT2D eigenvalue weighted by atomic mass is 16.7. The first-order valence-electron chi connectivity index (χ1n) is 9.09. The second-order valence-electron chi connectivity index (χ2n) is 7.21. The lowest BCUT2D eigenvalue weighted by Gasteiger charge is -2.16. The molecule has 6 heteroatoms. The summed E-state index contributed by atoms with van der Waals surface area (Å²) in [5.41, 5.74) is 3.12. The van der Waals surface area contributed by atoms with Gasteiger partial charge in [0.05, 0.1) is 17.8 Å². The Bertz CT molecular complexity index is 837. The summed E-state index contributed by atoms with van der Waals surface area (Å²) in [6.07, 6.45) is 1.95. The minimum atomic E-state index is 0.000597. The Morgan fingerprint density at radius 1 is 1.15 bits per heavy atom. The van der Waals surface area contributed by atoms with E-state index in [9.17, 15) is 10.2 Å². The molecule has 6 nitrogen and oxygen atoms in total.